The number of sulfone groups is 1. The molecule has 1 aromatic rings. The number of rotatable bonds is 4. The van der Waals surface area contributed by atoms with E-state index in [0.717, 1.165) is 36.1 Å². The first-order valence-corrected chi connectivity index (χ1v) is 7.91. The van der Waals surface area contributed by atoms with E-state index >= 15 is 0 Å². The molecule has 0 bridgehead atoms. The third kappa shape index (κ3) is 3.19. The first-order valence-electron chi connectivity index (χ1n) is 5.64. The van der Waals surface area contributed by atoms with Gasteiger partial charge in [0, 0.05) is 11.9 Å². The molecule has 1 heterocycles. The van der Waals surface area contributed by atoms with E-state index in [1.54, 1.807) is 0 Å². The van der Waals surface area contributed by atoms with Crippen LogP contribution in [0.15, 0.2) is 4.90 Å². The SMILES string of the molecule is CCCCc1c(C)nc(Cl)c(S(C)(=O)=O)c1C. The summed E-state index contributed by atoms with van der Waals surface area (Å²) < 4.78 is 23.4. The minimum Gasteiger partial charge on any atom is -0.240 e. The van der Waals surface area contributed by atoms with E-state index in [2.05, 4.69) is 11.9 Å². The summed E-state index contributed by atoms with van der Waals surface area (Å²) in [5, 5.41) is 0.0859. The van der Waals surface area contributed by atoms with E-state index < -0.39 is 9.84 Å². The van der Waals surface area contributed by atoms with Crippen LogP contribution in [0.4, 0.5) is 0 Å². The number of unbranched alkanes of at least 4 members (excludes halogenated alkanes) is 1. The van der Waals surface area contributed by atoms with Crippen LogP contribution in [-0.2, 0) is 16.3 Å². The van der Waals surface area contributed by atoms with Crippen molar-refractivity contribution in [2.24, 2.45) is 0 Å². The highest BCUT2D eigenvalue weighted by molar-refractivity contribution is 7.90. The van der Waals surface area contributed by atoms with Gasteiger partial charge in [-0.3, -0.25) is 0 Å². The average molecular weight is 276 g/mol. The predicted molar refractivity (Wildman–Crippen MR) is 70.4 cm³/mol. The molecule has 0 saturated carbocycles. The van der Waals surface area contributed by atoms with Gasteiger partial charge in [-0.1, -0.05) is 24.9 Å². The van der Waals surface area contributed by atoms with Crippen LogP contribution in [0.2, 0.25) is 5.15 Å². The molecule has 0 N–H and O–H groups in total. The second-order valence-corrected chi connectivity index (χ2v) is 6.61. The number of aromatic nitrogens is 1. The summed E-state index contributed by atoms with van der Waals surface area (Å²) in [6.45, 7) is 5.78. The number of halogens is 1. The maximum Gasteiger partial charge on any atom is 0.178 e. The normalized spacial score (nSPS) is 11.8. The largest absolute Gasteiger partial charge is 0.240 e. The molecule has 0 aliphatic rings. The van der Waals surface area contributed by atoms with Gasteiger partial charge in [-0.2, -0.15) is 0 Å². The van der Waals surface area contributed by atoms with Gasteiger partial charge in [0.15, 0.2) is 9.84 Å². The third-order valence-corrected chi connectivity index (χ3v) is 4.46. The maximum atomic E-state index is 11.7. The number of nitrogens with zero attached hydrogens (tertiary/aromatic N) is 1. The summed E-state index contributed by atoms with van der Waals surface area (Å²) >= 11 is 5.94. The zero-order chi connectivity index (χ0) is 13.2. The molecule has 0 saturated heterocycles. The zero-order valence-corrected chi connectivity index (χ0v) is 12.2. The van der Waals surface area contributed by atoms with Crippen LogP contribution >= 0.6 is 11.6 Å². The molecular formula is C12H18ClNO2S. The monoisotopic (exact) mass is 275 g/mol. The maximum absolute atomic E-state index is 11.7. The Bertz CT molecular complexity index is 524. The average Bonchev–Trinajstić information content (AvgIpc) is 2.14. The highest BCUT2D eigenvalue weighted by atomic mass is 35.5. The van der Waals surface area contributed by atoms with Gasteiger partial charge in [-0.15, -0.1) is 0 Å². The van der Waals surface area contributed by atoms with Crippen molar-refractivity contribution in [1.82, 2.24) is 4.98 Å². The smallest absolute Gasteiger partial charge is 0.178 e. The standard InChI is InChI=1S/C12H18ClNO2S/c1-5-6-7-10-8(2)11(17(4,15)16)12(13)14-9(10)3/h5-7H2,1-4H3. The molecule has 0 radical (unpaired) electrons. The molecule has 0 spiro atoms. The number of hydrogen-bond acceptors (Lipinski definition) is 3. The van der Waals surface area contributed by atoms with Gasteiger partial charge in [0.25, 0.3) is 0 Å². The first-order chi connectivity index (χ1) is 7.79. The molecule has 1 aromatic heterocycles. The summed E-state index contributed by atoms with van der Waals surface area (Å²) in [5.41, 5.74) is 2.59. The quantitative estimate of drug-likeness (QED) is 0.794. The van der Waals surface area contributed by atoms with Crippen LogP contribution in [0.3, 0.4) is 0 Å². The summed E-state index contributed by atoms with van der Waals surface area (Å²) in [4.78, 5) is 4.32. The predicted octanol–water partition coefficient (Wildman–Crippen LogP) is 3.10. The Kier molecular flexibility index (Phi) is 4.55. The van der Waals surface area contributed by atoms with Gasteiger partial charge in [-0.25, -0.2) is 13.4 Å². The van der Waals surface area contributed by atoms with Gasteiger partial charge >= 0.3 is 0 Å². The van der Waals surface area contributed by atoms with Crippen LogP contribution in [0, 0.1) is 13.8 Å². The Balaban J connectivity index is 3.43. The molecule has 0 unspecified atom stereocenters. The second kappa shape index (κ2) is 5.36. The topological polar surface area (TPSA) is 47.0 Å². The van der Waals surface area contributed by atoms with Crippen LogP contribution in [0.25, 0.3) is 0 Å². The third-order valence-electron chi connectivity index (χ3n) is 2.83. The summed E-state index contributed by atoms with van der Waals surface area (Å²) in [6.07, 6.45) is 4.10. The molecular weight excluding hydrogens is 258 g/mol. The molecule has 96 valence electrons. The molecule has 0 aliphatic heterocycles. The summed E-state index contributed by atoms with van der Waals surface area (Å²) in [5.74, 6) is 0. The van der Waals surface area contributed by atoms with E-state index in [1.165, 1.54) is 6.26 Å². The fraction of sp³-hybridized carbons (Fsp3) is 0.583. The Labute approximate surface area is 108 Å². The fourth-order valence-corrected chi connectivity index (χ4v) is 3.70. The van der Waals surface area contributed by atoms with Crippen molar-refractivity contribution in [2.75, 3.05) is 6.26 Å². The fourth-order valence-electron chi connectivity index (χ4n) is 1.98. The number of aryl methyl sites for hydroxylation is 1. The van der Waals surface area contributed by atoms with Gasteiger partial charge < -0.3 is 0 Å². The van der Waals surface area contributed by atoms with E-state index in [4.69, 9.17) is 11.6 Å². The van der Waals surface area contributed by atoms with Crippen LogP contribution in [0.5, 0.6) is 0 Å². The summed E-state index contributed by atoms with van der Waals surface area (Å²) in [6, 6.07) is 0. The van der Waals surface area contributed by atoms with Crippen molar-refractivity contribution in [1.29, 1.82) is 0 Å². The van der Waals surface area contributed by atoms with E-state index in [1.807, 2.05) is 13.8 Å². The van der Waals surface area contributed by atoms with E-state index in [0.29, 0.717) is 0 Å². The van der Waals surface area contributed by atoms with Crippen LogP contribution in [0.1, 0.15) is 36.6 Å². The number of hydrogen-bond donors (Lipinski definition) is 0. The van der Waals surface area contributed by atoms with Gasteiger partial charge in [0.05, 0.1) is 0 Å². The van der Waals surface area contributed by atoms with Gasteiger partial charge in [-0.05, 0) is 37.8 Å². The number of pyridine rings is 1. The minimum absolute atomic E-state index is 0.0859. The van der Waals surface area contributed by atoms with Gasteiger partial charge in [0.2, 0.25) is 0 Å². The molecule has 3 nitrogen and oxygen atoms in total. The molecule has 0 fully saturated rings. The van der Waals surface area contributed by atoms with Crippen molar-refractivity contribution in [2.45, 2.75) is 44.9 Å². The Morgan fingerprint density at radius 3 is 2.35 bits per heavy atom. The van der Waals surface area contributed by atoms with E-state index in [9.17, 15) is 8.42 Å². The molecule has 5 heteroatoms. The van der Waals surface area contributed by atoms with Crippen molar-refractivity contribution >= 4 is 21.4 Å². The first kappa shape index (κ1) is 14.5. The lowest BCUT2D eigenvalue weighted by Gasteiger charge is -2.13. The highest BCUT2D eigenvalue weighted by Crippen LogP contribution is 2.28. The summed E-state index contributed by atoms with van der Waals surface area (Å²) in [7, 11) is -3.32. The molecule has 17 heavy (non-hydrogen) atoms. The van der Waals surface area contributed by atoms with Crippen molar-refractivity contribution < 1.29 is 8.42 Å². The van der Waals surface area contributed by atoms with Crippen LogP contribution in [-0.4, -0.2) is 19.7 Å². The van der Waals surface area contributed by atoms with Crippen molar-refractivity contribution in [3.05, 3.63) is 22.0 Å². The van der Waals surface area contributed by atoms with Crippen LogP contribution < -0.4 is 0 Å². The van der Waals surface area contributed by atoms with Gasteiger partial charge in [0.1, 0.15) is 10.0 Å². The molecule has 0 atom stereocenters. The highest BCUT2D eigenvalue weighted by Gasteiger charge is 2.20. The lowest BCUT2D eigenvalue weighted by Crippen LogP contribution is -2.08. The lowest BCUT2D eigenvalue weighted by atomic mass is 10.0. The Hall–Kier alpha value is -0.610. The van der Waals surface area contributed by atoms with E-state index in [-0.39, 0.29) is 10.0 Å². The molecule has 0 amide bonds. The molecule has 1 rings (SSSR count). The van der Waals surface area contributed by atoms with Crippen molar-refractivity contribution in [3.63, 3.8) is 0 Å². The Morgan fingerprint density at radius 1 is 1.29 bits per heavy atom. The minimum atomic E-state index is -3.32. The molecule has 0 aliphatic carbocycles. The molecule has 0 aromatic carbocycles. The zero-order valence-electron chi connectivity index (χ0n) is 10.7. The Morgan fingerprint density at radius 2 is 1.88 bits per heavy atom. The second-order valence-electron chi connectivity index (χ2n) is 4.30. The van der Waals surface area contributed by atoms with Crippen molar-refractivity contribution in [3.8, 4) is 0 Å². The lowest BCUT2D eigenvalue weighted by molar-refractivity contribution is 0.600.